The van der Waals surface area contributed by atoms with Crippen LogP contribution in [0.2, 0.25) is 0 Å². The van der Waals surface area contributed by atoms with Crippen molar-refractivity contribution in [3.05, 3.63) is 36.0 Å². The first-order chi connectivity index (χ1) is 5.34. The highest BCUT2D eigenvalue weighted by Gasteiger charge is 1.96. The Morgan fingerprint density at radius 2 is 1.73 bits per heavy atom. The SMILES string of the molecule is C/C=C1/C=CC=CC1=N.CC. The Hall–Kier alpha value is -1.11. The highest BCUT2D eigenvalue weighted by atomic mass is 14.4. The van der Waals surface area contributed by atoms with Crippen molar-refractivity contribution in [1.82, 2.24) is 0 Å². The van der Waals surface area contributed by atoms with Crippen LogP contribution in [0.3, 0.4) is 0 Å². The summed E-state index contributed by atoms with van der Waals surface area (Å²) in [5.74, 6) is 0. The molecule has 0 fully saturated rings. The first kappa shape index (κ1) is 9.89. The summed E-state index contributed by atoms with van der Waals surface area (Å²) < 4.78 is 0. The van der Waals surface area contributed by atoms with E-state index in [0.717, 1.165) is 5.57 Å². The number of nitrogens with one attached hydrogen (secondary N) is 1. The maximum atomic E-state index is 7.34. The zero-order chi connectivity index (χ0) is 8.69. The van der Waals surface area contributed by atoms with Crippen molar-refractivity contribution in [1.29, 1.82) is 5.41 Å². The summed E-state index contributed by atoms with van der Waals surface area (Å²) in [5.41, 5.74) is 1.59. The average molecular weight is 149 g/mol. The van der Waals surface area contributed by atoms with Gasteiger partial charge in [-0.05, 0) is 18.6 Å². The van der Waals surface area contributed by atoms with E-state index < -0.39 is 0 Å². The molecular weight excluding hydrogens is 134 g/mol. The molecule has 11 heavy (non-hydrogen) atoms. The van der Waals surface area contributed by atoms with Crippen LogP contribution < -0.4 is 0 Å². The molecule has 0 aromatic rings. The lowest BCUT2D eigenvalue weighted by Gasteiger charge is -2.00. The van der Waals surface area contributed by atoms with Gasteiger partial charge in [-0.2, -0.15) is 0 Å². The zero-order valence-corrected chi connectivity index (χ0v) is 7.39. The highest BCUT2D eigenvalue weighted by molar-refractivity contribution is 6.09. The van der Waals surface area contributed by atoms with Crippen LogP contribution in [0.4, 0.5) is 0 Å². The predicted octanol–water partition coefficient (Wildman–Crippen LogP) is 3.10. The molecule has 1 aliphatic carbocycles. The van der Waals surface area contributed by atoms with E-state index in [2.05, 4.69) is 0 Å². The van der Waals surface area contributed by atoms with Gasteiger partial charge in [0.15, 0.2) is 0 Å². The summed E-state index contributed by atoms with van der Waals surface area (Å²) >= 11 is 0. The molecule has 0 heterocycles. The molecule has 0 unspecified atom stereocenters. The van der Waals surface area contributed by atoms with Crippen molar-refractivity contribution in [3.63, 3.8) is 0 Å². The molecule has 1 nitrogen and oxygen atoms in total. The fourth-order valence-corrected chi connectivity index (χ4v) is 0.749. The van der Waals surface area contributed by atoms with Gasteiger partial charge >= 0.3 is 0 Å². The lowest BCUT2D eigenvalue weighted by atomic mass is 10.1. The largest absolute Gasteiger partial charge is 0.300 e. The molecule has 0 saturated carbocycles. The second-order valence-corrected chi connectivity index (χ2v) is 1.88. The summed E-state index contributed by atoms with van der Waals surface area (Å²) in [6.45, 7) is 5.94. The molecule has 0 amide bonds. The van der Waals surface area contributed by atoms with Gasteiger partial charge in [0, 0.05) is 0 Å². The molecule has 0 bridgehead atoms. The monoisotopic (exact) mass is 149 g/mol. The normalized spacial score (nSPS) is 18.1. The fraction of sp³-hybridized carbons (Fsp3) is 0.300. The zero-order valence-electron chi connectivity index (χ0n) is 7.39. The molecule has 1 heteroatoms. The maximum Gasteiger partial charge on any atom is 0.0608 e. The maximum absolute atomic E-state index is 7.34. The van der Waals surface area contributed by atoms with Crippen LogP contribution in [-0.2, 0) is 0 Å². The van der Waals surface area contributed by atoms with Crippen molar-refractivity contribution in [2.75, 3.05) is 0 Å². The third kappa shape index (κ3) is 2.99. The number of rotatable bonds is 0. The highest BCUT2D eigenvalue weighted by Crippen LogP contribution is 2.05. The van der Waals surface area contributed by atoms with Gasteiger partial charge in [-0.3, -0.25) is 0 Å². The topological polar surface area (TPSA) is 23.9 Å². The molecule has 1 N–H and O–H groups in total. The van der Waals surface area contributed by atoms with Crippen LogP contribution in [0, 0.1) is 5.41 Å². The molecule has 1 rings (SSSR count). The van der Waals surface area contributed by atoms with Crippen LogP contribution in [0.5, 0.6) is 0 Å². The molecule has 0 saturated heterocycles. The summed E-state index contributed by atoms with van der Waals surface area (Å²) in [6.07, 6.45) is 9.46. The lowest BCUT2D eigenvalue weighted by Crippen LogP contribution is -1.95. The Labute approximate surface area is 68.6 Å². The molecule has 60 valence electrons. The van der Waals surface area contributed by atoms with Crippen LogP contribution >= 0.6 is 0 Å². The van der Waals surface area contributed by atoms with Gasteiger partial charge in [0.05, 0.1) is 5.71 Å². The van der Waals surface area contributed by atoms with Crippen molar-refractivity contribution in [2.45, 2.75) is 20.8 Å². The van der Waals surface area contributed by atoms with Gasteiger partial charge in [-0.15, -0.1) is 0 Å². The molecule has 0 aromatic carbocycles. The standard InChI is InChI=1S/C8H9N.C2H6/c1-2-7-5-3-4-6-8(7)9;1-2/h2-6,9H,1H3;1-2H3/b7-2-,9-8?;. The predicted molar refractivity (Wildman–Crippen MR) is 51.1 cm³/mol. The Kier molecular flexibility index (Phi) is 5.09. The van der Waals surface area contributed by atoms with Crippen LogP contribution in [-0.4, -0.2) is 5.71 Å². The van der Waals surface area contributed by atoms with Gasteiger partial charge in [0.1, 0.15) is 0 Å². The van der Waals surface area contributed by atoms with E-state index in [4.69, 9.17) is 5.41 Å². The molecule has 0 aliphatic heterocycles. The van der Waals surface area contributed by atoms with Gasteiger partial charge in [0.2, 0.25) is 0 Å². The Balaban J connectivity index is 0.000000461. The Bertz CT molecular complexity index is 207. The van der Waals surface area contributed by atoms with Crippen molar-refractivity contribution < 1.29 is 0 Å². The van der Waals surface area contributed by atoms with Crippen LogP contribution in [0.25, 0.3) is 0 Å². The second kappa shape index (κ2) is 5.66. The fourth-order valence-electron chi connectivity index (χ4n) is 0.749. The summed E-state index contributed by atoms with van der Waals surface area (Å²) in [7, 11) is 0. The van der Waals surface area contributed by atoms with E-state index in [0.29, 0.717) is 5.71 Å². The van der Waals surface area contributed by atoms with Crippen LogP contribution in [0.1, 0.15) is 20.8 Å². The molecular formula is C10H15N. The minimum Gasteiger partial charge on any atom is -0.300 e. The van der Waals surface area contributed by atoms with E-state index in [1.807, 2.05) is 45.1 Å². The van der Waals surface area contributed by atoms with E-state index in [1.165, 1.54) is 0 Å². The number of allylic oxidation sites excluding steroid dienone is 6. The summed E-state index contributed by atoms with van der Waals surface area (Å²) in [5, 5.41) is 7.34. The smallest absolute Gasteiger partial charge is 0.0608 e. The van der Waals surface area contributed by atoms with E-state index >= 15 is 0 Å². The number of hydrogen-bond donors (Lipinski definition) is 1. The van der Waals surface area contributed by atoms with Gasteiger partial charge in [-0.1, -0.05) is 38.2 Å². The van der Waals surface area contributed by atoms with Gasteiger partial charge in [0.25, 0.3) is 0 Å². The van der Waals surface area contributed by atoms with Gasteiger partial charge < -0.3 is 5.41 Å². The first-order valence-corrected chi connectivity index (χ1v) is 3.94. The number of hydrogen-bond acceptors (Lipinski definition) is 1. The average Bonchev–Trinajstić information content (AvgIpc) is 2.09. The lowest BCUT2D eigenvalue weighted by molar-refractivity contribution is 1.48. The third-order valence-corrected chi connectivity index (χ3v) is 1.27. The van der Waals surface area contributed by atoms with E-state index in [-0.39, 0.29) is 0 Å². The second-order valence-electron chi connectivity index (χ2n) is 1.88. The minimum absolute atomic E-state index is 0.597. The minimum atomic E-state index is 0.597. The molecule has 0 atom stereocenters. The Morgan fingerprint density at radius 3 is 2.09 bits per heavy atom. The first-order valence-electron chi connectivity index (χ1n) is 3.94. The third-order valence-electron chi connectivity index (χ3n) is 1.27. The van der Waals surface area contributed by atoms with E-state index in [1.54, 1.807) is 6.08 Å². The molecule has 0 spiro atoms. The van der Waals surface area contributed by atoms with Gasteiger partial charge in [-0.25, -0.2) is 0 Å². The summed E-state index contributed by atoms with van der Waals surface area (Å²) in [6, 6.07) is 0. The molecule has 0 radical (unpaired) electrons. The Morgan fingerprint density at radius 1 is 1.18 bits per heavy atom. The van der Waals surface area contributed by atoms with E-state index in [9.17, 15) is 0 Å². The quantitative estimate of drug-likeness (QED) is 0.547. The van der Waals surface area contributed by atoms with Crippen molar-refractivity contribution in [3.8, 4) is 0 Å². The van der Waals surface area contributed by atoms with Crippen molar-refractivity contribution >= 4 is 5.71 Å². The van der Waals surface area contributed by atoms with Crippen LogP contribution in [0.15, 0.2) is 36.0 Å². The summed E-state index contributed by atoms with van der Waals surface area (Å²) in [4.78, 5) is 0. The molecule has 0 aromatic heterocycles. The van der Waals surface area contributed by atoms with Crippen molar-refractivity contribution in [2.24, 2.45) is 0 Å². The molecule has 1 aliphatic rings.